The van der Waals surface area contributed by atoms with E-state index in [0.717, 1.165) is 12.1 Å². The van der Waals surface area contributed by atoms with Crippen LogP contribution in [0.1, 0.15) is 21.5 Å². The summed E-state index contributed by atoms with van der Waals surface area (Å²) in [6.07, 6.45) is -4.52. The molecule has 1 amide bonds. The second-order valence-corrected chi connectivity index (χ2v) is 5.62. The fourth-order valence-corrected chi connectivity index (χ4v) is 2.06. The smallest absolute Gasteiger partial charge is 0.416 e. The highest BCUT2D eigenvalue weighted by Gasteiger charge is 2.31. The van der Waals surface area contributed by atoms with Gasteiger partial charge in [-0.2, -0.15) is 13.2 Å². The summed E-state index contributed by atoms with van der Waals surface area (Å²) in [6, 6.07) is 7.64. The van der Waals surface area contributed by atoms with Crippen LogP contribution in [0.4, 0.5) is 24.5 Å². The van der Waals surface area contributed by atoms with Crippen molar-refractivity contribution in [1.29, 1.82) is 0 Å². The van der Waals surface area contributed by atoms with Gasteiger partial charge >= 0.3 is 6.18 Å². The molecule has 2 aromatic carbocycles. The van der Waals surface area contributed by atoms with Gasteiger partial charge in [-0.3, -0.25) is 4.79 Å². The summed E-state index contributed by atoms with van der Waals surface area (Å²) in [6.45, 7) is 1.67. The first-order valence-electron chi connectivity index (χ1n) is 7.08. The van der Waals surface area contributed by atoms with Gasteiger partial charge in [0, 0.05) is 31.0 Å². The number of carbonyl (C=O) groups excluding carboxylic acids is 1. The first kappa shape index (κ1) is 17.7. The predicted octanol–water partition coefficient (Wildman–Crippen LogP) is 4.04. The molecule has 128 valence electrons. The summed E-state index contributed by atoms with van der Waals surface area (Å²) in [5.74, 6) is -0.657. The van der Waals surface area contributed by atoms with Crippen molar-refractivity contribution in [2.75, 3.05) is 24.3 Å². The Hall–Kier alpha value is -2.70. The van der Waals surface area contributed by atoms with Crippen molar-refractivity contribution in [1.82, 2.24) is 0 Å². The molecule has 2 aromatic rings. The van der Waals surface area contributed by atoms with E-state index in [1.54, 1.807) is 27.1 Å². The lowest BCUT2D eigenvalue weighted by molar-refractivity contribution is -0.137. The highest BCUT2D eigenvalue weighted by atomic mass is 19.4. The van der Waals surface area contributed by atoms with Crippen molar-refractivity contribution in [3.63, 3.8) is 0 Å². The molecule has 0 bridgehead atoms. The second-order valence-electron chi connectivity index (χ2n) is 5.62. The number of phenols is 1. The Morgan fingerprint density at radius 1 is 1.12 bits per heavy atom. The molecule has 0 aromatic heterocycles. The van der Waals surface area contributed by atoms with Gasteiger partial charge in [-0.25, -0.2) is 0 Å². The maximum Gasteiger partial charge on any atom is 0.416 e. The van der Waals surface area contributed by atoms with Crippen LogP contribution in [0.25, 0.3) is 0 Å². The highest BCUT2D eigenvalue weighted by Crippen LogP contribution is 2.34. The summed E-state index contributed by atoms with van der Waals surface area (Å²) in [7, 11) is 3.22. The molecular formula is C17H17F3N2O2. The van der Waals surface area contributed by atoms with E-state index in [1.165, 1.54) is 23.1 Å². The van der Waals surface area contributed by atoms with Gasteiger partial charge in [0.05, 0.1) is 5.56 Å². The number of nitrogens with one attached hydrogen (secondary N) is 1. The van der Waals surface area contributed by atoms with Gasteiger partial charge in [0.25, 0.3) is 5.91 Å². The van der Waals surface area contributed by atoms with Crippen molar-refractivity contribution < 1.29 is 23.1 Å². The van der Waals surface area contributed by atoms with Crippen LogP contribution in [0, 0.1) is 6.92 Å². The average molecular weight is 338 g/mol. The molecule has 0 aliphatic rings. The van der Waals surface area contributed by atoms with Crippen LogP contribution < -0.4 is 10.2 Å². The number of alkyl halides is 3. The van der Waals surface area contributed by atoms with Crippen molar-refractivity contribution in [2.45, 2.75) is 13.1 Å². The first-order chi connectivity index (χ1) is 11.1. The highest BCUT2D eigenvalue weighted by molar-refractivity contribution is 6.04. The number of aromatic hydroxyl groups is 1. The monoisotopic (exact) mass is 338 g/mol. The number of hydrogen-bond acceptors (Lipinski definition) is 3. The van der Waals surface area contributed by atoms with E-state index in [1.807, 2.05) is 0 Å². The van der Waals surface area contributed by atoms with Gasteiger partial charge in [0.15, 0.2) is 0 Å². The fraction of sp³-hybridized carbons (Fsp3) is 0.235. The minimum Gasteiger partial charge on any atom is -0.508 e. The van der Waals surface area contributed by atoms with E-state index in [0.29, 0.717) is 11.3 Å². The third-order valence-electron chi connectivity index (χ3n) is 3.49. The number of anilines is 2. The number of hydrogen-bond donors (Lipinski definition) is 2. The van der Waals surface area contributed by atoms with Gasteiger partial charge in [-0.15, -0.1) is 0 Å². The Balaban J connectivity index is 2.35. The predicted molar refractivity (Wildman–Crippen MR) is 86.6 cm³/mol. The summed E-state index contributed by atoms with van der Waals surface area (Å²) in [5, 5.41) is 12.1. The number of carbonyl (C=O) groups is 1. The zero-order valence-corrected chi connectivity index (χ0v) is 13.4. The van der Waals surface area contributed by atoms with E-state index in [4.69, 9.17) is 0 Å². The Bertz CT molecular complexity index is 771. The molecule has 2 rings (SSSR count). The van der Waals surface area contributed by atoms with Crippen LogP contribution in [0.2, 0.25) is 0 Å². The van der Waals surface area contributed by atoms with Crippen LogP contribution in [0.3, 0.4) is 0 Å². The molecule has 0 aliphatic carbocycles. The van der Waals surface area contributed by atoms with E-state index in [2.05, 4.69) is 5.32 Å². The molecule has 0 radical (unpaired) electrons. The van der Waals surface area contributed by atoms with Gasteiger partial charge in [-0.05, 0) is 42.8 Å². The molecule has 0 aliphatic heterocycles. The number of nitrogens with zero attached hydrogens (tertiary/aromatic N) is 1. The van der Waals surface area contributed by atoms with Crippen molar-refractivity contribution in [3.8, 4) is 5.75 Å². The minimum atomic E-state index is -4.52. The SMILES string of the molecule is Cc1ccc(C(=O)Nc2cc(N(C)C)cc(C(F)(F)F)c2)cc1O. The summed E-state index contributed by atoms with van der Waals surface area (Å²) in [5.41, 5.74) is 0.239. The van der Waals surface area contributed by atoms with Crippen LogP contribution >= 0.6 is 0 Å². The number of halogens is 3. The molecule has 0 unspecified atom stereocenters. The van der Waals surface area contributed by atoms with Crippen LogP contribution in [-0.2, 0) is 6.18 Å². The van der Waals surface area contributed by atoms with Crippen molar-refractivity contribution in [2.24, 2.45) is 0 Å². The van der Waals surface area contributed by atoms with Crippen molar-refractivity contribution >= 4 is 17.3 Å². The van der Waals surface area contributed by atoms with Crippen LogP contribution in [0.5, 0.6) is 5.75 Å². The standard InChI is InChI=1S/C17H17F3N2O2/c1-10-4-5-11(6-15(10)23)16(24)21-13-7-12(17(18,19)20)8-14(9-13)22(2)3/h4-9,23H,1-3H3,(H,21,24). The molecule has 0 spiro atoms. The topological polar surface area (TPSA) is 52.6 Å². The minimum absolute atomic E-state index is 0.0265. The first-order valence-corrected chi connectivity index (χ1v) is 7.08. The van der Waals surface area contributed by atoms with Crippen LogP contribution in [0.15, 0.2) is 36.4 Å². The molecule has 0 saturated heterocycles. The van der Waals surface area contributed by atoms with Gasteiger partial charge in [0.2, 0.25) is 0 Å². The van der Waals surface area contributed by atoms with E-state index >= 15 is 0 Å². The maximum absolute atomic E-state index is 13.0. The number of aryl methyl sites for hydroxylation is 1. The van der Waals surface area contributed by atoms with E-state index in [-0.39, 0.29) is 17.0 Å². The van der Waals surface area contributed by atoms with Gasteiger partial charge in [0.1, 0.15) is 5.75 Å². The quantitative estimate of drug-likeness (QED) is 0.888. The number of phenolic OH excluding ortho intramolecular Hbond substituents is 1. The lowest BCUT2D eigenvalue weighted by Crippen LogP contribution is -2.16. The molecule has 2 N–H and O–H groups in total. The number of benzene rings is 2. The summed E-state index contributed by atoms with van der Waals surface area (Å²) >= 11 is 0. The van der Waals surface area contributed by atoms with Crippen molar-refractivity contribution in [3.05, 3.63) is 53.1 Å². The fourth-order valence-electron chi connectivity index (χ4n) is 2.06. The molecular weight excluding hydrogens is 321 g/mol. The summed E-state index contributed by atoms with van der Waals surface area (Å²) < 4.78 is 39.0. The lowest BCUT2D eigenvalue weighted by Gasteiger charge is -2.18. The zero-order chi connectivity index (χ0) is 18.1. The third kappa shape index (κ3) is 3.98. The molecule has 4 nitrogen and oxygen atoms in total. The molecule has 0 fully saturated rings. The lowest BCUT2D eigenvalue weighted by atomic mass is 10.1. The zero-order valence-electron chi connectivity index (χ0n) is 13.4. The normalized spacial score (nSPS) is 11.2. The Morgan fingerprint density at radius 2 is 1.79 bits per heavy atom. The van der Waals surface area contributed by atoms with Gasteiger partial charge < -0.3 is 15.3 Å². The third-order valence-corrected chi connectivity index (χ3v) is 3.49. The average Bonchev–Trinajstić information content (AvgIpc) is 2.48. The Morgan fingerprint density at radius 3 is 2.33 bits per heavy atom. The number of amides is 1. The number of rotatable bonds is 3. The van der Waals surface area contributed by atoms with E-state index in [9.17, 15) is 23.1 Å². The Kier molecular flexibility index (Phi) is 4.73. The molecule has 0 atom stereocenters. The molecule has 0 heterocycles. The van der Waals surface area contributed by atoms with Gasteiger partial charge in [-0.1, -0.05) is 6.07 Å². The largest absolute Gasteiger partial charge is 0.508 e. The second kappa shape index (κ2) is 6.43. The van der Waals surface area contributed by atoms with E-state index < -0.39 is 17.6 Å². The molecule has 0 saturated carbocycles. The molecule has 24 heavy (non-hydrogen) atoms. The van der Waals surface area contributed by atoms with Crippen LogP contribution in [-0.4, -0.2) is 25.1 Å². The summed E-state index contributed by atoms with van der Waals surface area (Å²) in [4.78, 5) is 13.7. The Labute approximate surface area is 137 Å². The maximum atomic E-state index is 13.0. The molecule has 7 heteroatoms.